The van der Waals surface area contributed by atoms with Crippen molar-refractivity contribution in [2.45, 2.75) is 52.4 Å². The van der Waals surface area contributed by atoms with E-state index in [1.807, 2.05) is 0 Å². The van der Waals surface area contributed by atoms with Crippen molar-refractivity contribution in [3.63, 3.8) is 0 Å². The van der Waals surface area contributed by atoms with Crippen molar-refractivity contribution < 1.29 is 19.1 Å². The molecule has 0 radical (unpaired) electrons. The molecule has 6 nitrogen and oxygen atoms in total. The Morgan fingerprint density at radius 3 is 1.40 bits per heavy atom. The van der Waals surface area contributed by atoms with Gasteiger partial charge in [0.05, 0.1) is 13.2 Å². The van der Waals surface area contributed by atoms with Gasteiger partial charge in [0.2, 0.25) is 0 Å². The number of hydrogen-bond acceptors (Lipinski definition) is 4. The van der Waals surface area contributed by atoms with Gasteiger partial charge in [-0.15, -0.1) is 0 Å². The van der Waals surface area contributed by atoms with Gasteiger partial charge in [-0.2, -0.15) is 0 Å². The van der Waals surface area contributed by atoms with Crippen LogP contribution in [0.25, 0.3) is 0 Å². The molecule has 2 N–H and O–H groups in total. The molecule has 0 saturated carbocycles. The Kier molecular flexibility index (Phi) is 12.9. The molecule has 0 aliphatic rings. The van der Waals surface area contributed by atoms with Gasteiger partial charge in [0.15, 0.2) is 0 Å². The van der Waals surface area contributed by atoms with E-state index in [0.717, 1.165) is 38.5 Å². The molecule has 118 valence electrons. The molecule has 0 heterocycles. The topological polar surface area (TPSA) is 76.7 Å². The van der Waals surface area contributed by atoms with Crippen molar-refractivity contribution in [1.82, 2.24) is 10.6 Å². The zero-order valence-corrected chi connectivity index (χ0v) is 12.7. The summed E-state index contributed by atoms with van der Waals surface area (Å²) in [6, 6.07) is 0. The molecule has 0 spiro atoms. The number of nitrogens with one attached hydrogen (secondary N) is 2. The molecule has 2 amide bonds. The summed E-state index contributed by atoms with van der Waals surface area (Å²) in [6.45, 7) is 5.73. The fourth-order valence-corrected chi connectivity index (χ4v) is 1.70. The third-order valence-corrected chi connectivity index (χ3v) is 2.69. The van der Waals surface area contributed by atoms with E-state index in [2.05, 4.69) is 10.6 Å². The lowest BCUT2D eigenvalue weighted by atomic mass is 10.1. The summed E-state index contributed by atoms with van der Waals surface area (Å²) in [5, 5.41) is 5.39. The van der Waals surface area contributed by atoms with Gasteiger partial charge in [-0.1, -0.05) is 25.7 Å². The number of ether oxygens (including phenoxy) is 2. The summed E-state index contributed by atoms with van der Waals surface area (Å²) in [5.74, 6) is 0. The second-order valence-corrected chi connectivity index (χ2v) is 4.42. The van der Waals surface area contributed by atoms with E-state index in [1.165, 1.54) is 0 Å². The number of carbonyl (C=O) groups excluding carboxylic acids is 2. The number of amides is 2. The normalized spacial score (nSPS) is 9.90. The average molecular weight is 288 g/mol. The average Bonchev–Trinajstić information content (AvgIpc) is 2.41. The highest BCUT2D eigenvalue weighted by atomic mass is 16.5. The highest BCUT2D eigenvalue weighted by Gasteiger charge is 1.99. The Hall–Kier alpha value is -1.46. The van der Waals surface area contributed by atoms with Gasteiger partial charge in [-0.3, -0.25) is 0 Å². The van der Waals surface area contributed by atoms with Gasteiger partial charge in [0.1, 0.15) is 0 Å². The fourth-order valence-electron chi connectivity index (χ4n) is 1.70. The molecule has 0 rings (SSSR count). The maximum atomic E-state index is 11.0. The SMILES string of the molecule is CCOC(=O)NCCCCCCCCNC(=O)OCC. The van der Waals surface area contributed by atoms with Gasteiger partial charge in [0.25, 0.3) is 0 Å². The molecule has 0 aromatic rings. The first kappa shape index (κ1) is 18.5. The lowest BCUT2D eigenvalue weighted by molar-refractivity contribution is 0.151. The van der Waals surface area contributed by atoms with Crippen LogP contribution in [0, 0.1) is 0 Å². The molecule has 0 atom stereocenters. The van der Waals surface area contributed by atoms with Crippen LogP contribution in [0.3, 0.4) is 0 Å². The number of hydrogen-bond donors (Lipinski definition) is 2. The van der Waals surface area contributed by atoms with Crippen LogP contribution >= 0.6 is 0 Å². The standard InChI is InChI=1S/C14H28N2O4/c1-3-19-13(17)15-11-9-7-5-6-8-10-12-16-14(18)20-4-2/h3-12H2,1-2H3,(H,15,17)(H,16,18). The molecule has 0 unspecified atom stereocenters. The highest BCUT2D eigenvalue weighted by Crippen LogP contribution is 2.04. The molecule has 0 aliphatic carbocycles. The van der Waals surface area contributed by atoms with Crippen LogP contribution in [0.5, 0.6) is 0 Å². The maximum Gasteiger partial charge on any atom is 0.407 e. The van der Waals surface area contributed by atoms with Gasteiger partial charge in [-0.25, -0.2) is 9.59 Å². The monoisotopic (exact) mass is 288 g/mol. The predicted molar refractivity (Wildman–Crippen MR) is 77.8 cm³/mol. The van der Waals surface area contributed by atoms with Crippen molar-refractivity contribution >= 4 is 12.2 Å². The van der Waals surface area contributed by atoms with Crippen LogP contribution in [0.1, 0.15) is 52.4 Å². The quantitative estimate of drug-likeness (QED) is 0.573. The van der Waals surface area contributed by atoms with Gasteiger partial charge >= 0.3 is 12.2 Å². The lowest BCUT2D eigenvalue weighted by Crippen LogP contribution is -2.25. The Morgan fingerprint density at radius 1 is 0.700 bits per heavy atom. The van der Waals surface area contributed by atoms with E-state index in [-0.39, 0.29) is 12.2 Å². The van der Waals surface area contributed by atoms with E-state index in [0.29, 0.717) is 26.3 Å². The summed E-state index contributed by atoms with van der Waals surface area (Å²) in [5.41, 5.74) is 0. The first-order valence-electron chi connectivity index (χ1n) is 7.52. The van der Waals surface area contributed by atoms with Crippen molar-refractivity contribution in [1.29, 1.82) is 0 Å². The van der Waals surface area contributed by atoms with Crippen LogP contribution in [-0.2, 0) is 9.47 Å². The van der Waals surface area contributed by atoms with E-state index in [1.54, 1.807) is 13.8 Å². The van der Waals surface area contributed by atoms with E-state index < -0.39 is 0 Å². The van der Waals surface area contributed by atoms with E-state index in [4.69, 9.17) is 9.47 Å². The molecule has 0 fully saturated rings. The molecular weight excluding hydrogens is 260 g/mol. The number of unbranched alkanes of at least 4 members (excludes halogenated alkanes) is 5. The summed E-state index contributed by atoms with van der Waals surface area (Å²) in [6.07, 6.45) is 5.75. The Balaban J connectivity index is 3.13. The molecular formula is C14H28N2O4. The fraction of sp³-hybridized carbons (Fsp3) is 0.857. The third-order valence-electron chi connectivity index (χ3n) is 2.69. The molecule has 0 saturated heterocycles. The van der Waals surface area contributed by atoms with Crippen molar-refractivity contribution in [2.24, 2.45) is 0 Å². The predicted octanol–water partition coefficient (Wildman–Crippen LogP) is 2.82. The van der Waals surface area contributed by atoms with Crippen LogP contribution in [0.15, 0.2) is 0 Å². The Morgan fingerprint density at radius 2 is 1.05 bits per heavy atom. The van der Waals surface area contributed by atoms with Gasteiger partial charge in [0, 0.05) is 13.1 Å². The number of alkyl carbamates (subject to hydrolysis) is 2. The largest absolute Gasteiger partial charge is 0.450 e. The molecule has 20 heavy (non-hydrogen) atoms. The maximum absolute atomic E-state index is 11.0. The van der Waals surface area contributed by atoms with Crippen molar-refractivity contribution in [3.8, 4) is 0 Å². The first-order valence-corrected chi connectivity index (χ1v) is 7.52. The minimum Gasteiger partial charge on any atom is -0.450 e. The minimum atomic E-state index is -0.336. The molecule has 0 aliphatic heterocycles. The summed E-state index contributed by atoms with van der Waals surface area (Å²) >= 11 is 0. The van der Waals surface area contributed by atoms with Crippen LogP contribution in [0.2, 0.25) is 0 Å². The molecule has 6 heteroatoms. The first-order chi connectivity index (χ1) is 9.70. The number of rotatable bonds is 11. The Labute approximate surface area is 121 Å². The van der Waals surface area contributed by atoms with Crippen molar-refractivity contribution in [2.75, 3.05) is 26.3 Å². The summed E-state index contributed by atoms with van der Waals surface area (Å²) in [4.78, 5) is 21.9. The van der Waals surface area contributed by atoms with Gasteiger partial charge in [-0.05, 0) is 26.7 Å². The van der Waals surface area contributed by atoms with Crippen LogP contribution in [0.4, 0.5) is 9.59 Å². The highest BCUT2D eigenvalue weighted by molar-refractivity contribution is 5.67. The zero-order chi connectivity index (χ0) is 15.1. The van der Waals surface area contributed by atoms with Crippen molar-refractivity contribution in [3.05, 3.63) is 0 Å². The smallest absolute Gasteiger partial charge is 0.407 e. The Bertz CT molecular complexity index is 234. The lowest BCUT2D eigenvalue weighted by Gasteiger charge is -2.06. The molecule has 0 aromatic heterocycles. The summed E-state index contributed by atoms with van der Waals surface area (Å²) in [7, 11) is 0. The molecule has 0 aromatic carbocycles. The zero-order valence-electron chi connectivity index (χ0n) is 12.7. The molecule has 0 bridgehead atoms. The van der Waals surface area contributed by atoms with E-state index in [9.17, 15) is 9.59 Å². The van der Waals surface area contributed by atoms with E-state index >= 15 is 0 Å². The van der Waals surface area contributed by atoms with Gasteiger partial charge < -0.3 is 20.1 Å². The van der Waals surface area contributed by atoms with Crippen LogP contribution in [-0.4, -0.2) is 38.5 Å². The second-order valence-electron chi connectivity index (χ2n) is 4.42. The second kappa shape index (κ2) is 14.0. The third kappa shape index (κ3) is 13.0. The summed E-state index contributed by atoms with van der Waals surface area (Å²) < 4.78 is 9.51. The number of carbonyl (C=O) groups is 2. The minimum absolute atomic E-state index is 0.336. The van der Waals surface area contributed by atoms with Crippen LogP contribution < -0.4 is 10.6 Å².